The number of amides is 1. The molecule has 2 nitrogen and oxygen atoms in total. The van der Waals surface area contributed by atoms with Crippen molar-refractivity contribution >= 4 is 18.5 Å². The Bertz CT molecular complexity index is 114. The summed E-state index contributed by atoms with van der Waals surface area (Å²) in [5, 5.41) is 0. The van der Waals surface area contributed by atoms with E-state index in [0.29, 0.717) is 11.7 Å². The second kappa shape index (κ2) is 4.61. The Kier molecular flexibility index (Phi) is 4.52. The fourth-order valence-electron chi connectivity index (χ4n) is 0.770. The molecule has 0 unspecified atom stereocenters. The van der Waals surface area contributed by atoms with Crippen LogP contribution in [0, 0.1) is 5.92 Å². The third kappa shape index (κ3) is 3.77. The molecule has 0 bridgehead atoms. The van der Waals surface area contributed by atoms with Crippen molar-refractivity contribution in [1.29, 1.82) is 0 Å². The molecule has 3 heteroatoms. The molecule has 0 atom stereocenters. The van der Waals surface area contributed by atoms with Crippen molar-refractivity contribution in [2.24, 2.45) is 5.92 Å². The van der Waals surface area contributed by atoms with Gasteiger partial charge in [0.2, 0.25) is 5.91 Å². The van der Waals surface area contributed by atoms with E-state index < -0.39 is 0 Å². The zero-order valence-corrected chi connectivity index (χ0v) is 7.69. The lowest BCUT2D eigenvalue weighted by atomic mass is 10.2. The van der Waals surface area contributed by atoms with Crippen LogP contribution in [0.5, 0.6) is 0 Å². The maximum absolute atomic E-state index is 10.9. The highest BCUT2D eigenvalue weighted by Gasteiger charge is 2.06. The summed E-state index contributed by atoms with van der Waals surface area (Å²) < 4.78 is 0. The van der Waals surface area contributed by atoms with Gasteiger partial charge in [0.15, 0.2) is 0 Å². The van der Waals surface area contributed by atoms with Gasteiger partial charge in [-0.15, -0.1) is 0 Å². The van der Waals surface area contributed by atoms with Crippen LogP contribution in [0.2, 0.25) is 0 Å². The molecule has 0 aromatic heterocycles. The Balaban J connectivity index is 3.61. The van der Waals surface area contributed by atoms with Crippen LogP contribution in [0.3, 0.4) is 0 Å². The van der Waals surface area contributed by atoms with Gasteiger partial charge in [-0.3, -0.25) is 4.79 Å². The molecule has 60 valence electrons. The van der Waals surface area contributed by atoms with Crippen molar-refractivity contribution in [3.63, 3.8) is 0 Å². The Morgan fingerprint density at radius 1 is 1.60 bits per heavy atom. The Morgan fingerprint density at radius 3 is 2.40 bits per heavy atom. The number of nitrogens with zero attached hydrogens (tertiary/aromatic N) is 1. The molecular weight excluding hydrogens is 146 g/mol. The van der Waals surface area contributed by atoms with E-state index >= 15 is 0 Å². The molecule has 0 aliphatic carbocycles. The Hall–Kier alpha value is -0.180. The fourth-order valence-corrected chi connectivity index (χ4v) is 1.01. The van der Waals surface area contributed by atoms with Gasteiger partial charge in [-0.05, 0) is 5.92 Å². The predicted molar refractivity (Wildman–Crippen MR) is 46.3 cm³/mol. The zero-order chi connectivity index (χ0) is 8.15. The first-order valence-electron chi connectivity index (χ1n) is 3.42. The van der Waals surface area contributed by atoms with Gasteiger partial charge >= 0.3 is 0 Å². The van der Waals surface area contributed by atoms with Crippen LogP contribution in [0.1, 0.15) is 13.8 Å². The van der Waals surface area contributed by atoms with Crippen LogP contribution >= 0.6 is 12.6 Å². The topological polar surface area (TPSA) is 20.3 Å². The molecule has 0 rings (SSSR count). The third-order valence-corrected chi connectivity index (χ3v) is 1.47. The standard InChI is InChI=1S/C7H15NOS/c1-6(2)4-8(3)7(9)5-10/h6,10H,4-5H2,1-3H3. The third-order valence-electron chi connectivity index (χ3n) is 1.20. The lowest BCUT2D eigenvalue weighted by Crippen LogP contribution is -2.31. The van der Waals surface area contributed by atoms with Crippen molar-refractivity contribution in [2.75, 3.05) is 19.3 Å². The van der Waals surface area contributed by atoms with Crippen molar-refractivity contribution in [3.8, 4) is 0 Å². The minimum Gasteiger partial charge on any atom is -0.345 e. The van der Waals surface area contributed by atoms with Gasteiger partial charge in [-0.1, -0.05) is 13.8 Å². The second-order valence-electron chi connectivity index (χ2n) is 2.83. The fraction of sp³-hybridized carbons (Fsp3) is 0.857. The molecule has 0 saturated heterocycles. The lowest BCUT2D eigenvalue weighted by molar-refractivity contribution is -0.127. The van der Waals surface area contributed by atoms with E-state index in [2.05, 4.69) is 26.5 Å². The van der Waals surface area contributed by atoms with Crippen LogP contribution in [0.25, 0.3) is 0 Å². The number of rotatable bonds is 3. The van der Waals surface area contributed by atoms with Gasteiger partial charge < -0.3 is 4.90 Å². The molecule has 1 amide bonds. The van der Waals surface area contributed by atoms with Gasteiger partial charge in [0.05, 0.1) is 5.75 Å². The number of carbonyl (C=O) groups excluding carboxylic acids is 1. The lowest BCUT2D eigenvalue weighted by Gasteiger charge is -2.17. The first kappa shape index (κ1) is 9.82. The quantitative estimate of drug-likeness (QED) is 0.613. The number of hydrogen-bond donors (Lipinski definition) is 1. The highest BCUT2D eigenvalue weighted by molar-refractivity contribution is 7.81. The summed E-state index contributed by atoms with van der Waals surface area (Å²) in [7, 11) is 1.80. The number of thiol groups is 1. The zero-order valence-electron chi connectivity index (χ0n) is 6.79. The average Bonchev–Trinajstić information content (AvgIpc) is 1.85. The highest BCUT2D eigenvalue weighted by atomic mass is 32.1. The van der Waals surface area contributed by atoms with Gasteiger partial charge in [-0.25, -0.2) is 0 Å². The number of hydrogen-bond acceptors (Lipinski definition) is 2. The summed E-state index contributed by atoms with van der Waals surface area (Å²) in [6, 6.07) is 0. The van der Waals surface area contributed by atoms with Gasteiger partial charge in [0, 0.05) is 13.6 Å². The molecule has 0 spiro atoms. The first-order valence-corrected chi connectivity index (χ1v) is 4.06. The molecule has 0 heterocycles. The maximum Gasteiger partial charge on any atom is 0.232 e. The summed E-state index contributed by atoms with van der Waals surface area (Å²) >= 11 is 3.89. The minimum atomic E-state index is 0.0945. The van der Waals surface area contributed by atoms with E-state index in [1.54, 1.807) is 11.9 Å². The number of carbonyl (C=O) groups is 1. The molecule has 0 aliphatic heterocycles. The summed E-state index contributed by atoms with van der Waals surface area (Å²) in [6.45, 7) is 4.99. The molecule has 0 saturated carbocycles. The Morgan fingerprint density at radius 2 is 2.10 bits per heavy atom. The van der Waals surface area contributed by atoms with Crippen molar-refractivity contribution in [1.82, 2.24) is 4.90 Å². The molecule has 0 N–H and O–H groups in total. The SMILES string of the molecule is CC(C)CN(C)C(=O)CS. The van der Waals surface area contributed by atoms with Crippen LogP contribution in [-0.2, 0) is 4.79 Å². The molecule has 0 aromatic rings. The average molecular weight is 161 g/mol. The van der Waals surface area contributed by atoms with Gasteiger partial charge in [-0.2, -0.15) is 12.6 Å². The van der Waals surface area contributed by atoms with Crippen LogP contribution in [0.4, 0.5) is 0 Å². The van der Waals surface area contributed by atoms with Crippen LogP contribution in [-0.4, -0.2) is 30.2 Å². The molecule has 0 radical (unpaired) electrons. The van der Waals surface area contributed by atoms with Gasteiger partial charge in [0.1, 0.15) is 0 Å². The van der Waals surface area contributed by atoms with E-state index in [4.69, 9.17) is 0 Å². The van der Waals surface area contributed by atoms with Crippen LogP contribution < -0.4 is 0 Å². The monoisotopic (exact) mass is 161 g/mol. The van der Waals surface area contributed by atoms with Crippen LogP contribution in [0.15, 0.2) is 0 Å². The maximum atomic E-state index is 10.9. The van der Waals surface area contributed by atoms with E-state index in [1.165, 1.54) is 0 Å². The summed E-state index contributed by atoms with van der Waals surface area (Å²) in [5.41, 5.74) is 0. The van der Waals surface area contributed by atoms with E-state index in [1.807, 2.05) is 0 Å². The highest BCUT2D eigenvalue weighted by Crippen LogP contribution is 1.96. The second-order valence-corrected chi connectivity index (χ2v) is 3.14. The van der Waals surface area contributed by atoms with E-state index in [9.17, 15) is 4.79 Å². The minimum absolute atomic E-state index is 0.0945. The first-order chi connectivity index (χ1) is 4.57. The summed E-state index contributed by atoms with van der Waals surface area (Å²) in [6.07, 6.45) is 0. The van der Waals surface area contributed by atoms with Crippen molar-refractivity contribution in [2.45, 2.75) is 13.8 Å². The van der Waals surface area contributed by atoms with Gasteiger partial charge in [0.25, 0.3) is 0 Å². The molecule has 10 heavy (non-hydrogen) atoms. The molecular formula is C7H15NOS. The summed E-state index contributed by atoms with van der Waals surface area (Å²) in [5.74, 6) is 0.939. The molecule has 0 aromatic carbocycles. The van der Waals surface area contributed by atoms with E-state index in [-0.39, 0.29) is 5.91 Å². The Labute approximate surface area is 68.0 Å². The molecule has 0 fully saturated rings. The largest absolute Gasteiger partial charge is 0.345 e. The normalized spacial score (nSPS) is 10.1. The van der Waals surface area contributed by atoms with E-state index in [0.717, 1.165) is 6.54 Å². The smallest absolute Gasteiger partial charge is 0.232 e. The summed E-state index contributed by atoms with van der Waals surface area (Å²) in [4.78, 5) is 12.6. The molecule has 0 aliphatic rings. The van der Waals surface area contributed by atoms with Crippen molar-refractivity contribution < 1.29 is 4.79 Å². The van der Waals surface area contributed by atoms with Crippen molar-refractivity contribution in [3.05, 3.63) is 0 Å². The predicted octanol–water partition coefficient (Wildman–Crippen LogP) is 1.03.